The van der Waals surface area contributed by atoms with Gasteiger partial charge in [-0.25, -0.2) is 9.79 Å². The second-order valence-corrected chi connectivity index (χ2v) is 9.00. The number of nitriles is 1. The van der Waals surface area contributed by atoms with Crippen molar-refractivity contribution < 1.29 is 5.11 Å². The Labute approximate surface area is 199 Å². The second-order valence-electron chi connectivity index (χ2n) is 9.00. The molecule has 35 heavy (non-hydrogen) atoms. The fourth-order valence-corrected chi connectivity index (χ4v) is 4.45. The molecule has 1 aromatic carbocycles. The molecule has 0 bridgehead atoms. The van der Waals surface area contributed by atoms with Gasteiger partial charge in [0.25, 0.3) is 5.62 Å². The monoisotopic (exact) mass is 469 g/mol. The van der Waals surface area contributed by atoms with Gasteiger partial charge in [0, 0.05) is 18.3 Å². The van der Waals surface area contributed by atoms with E-state index in [4.69, 9.17) is 20.2 Å². The van der Waals surface area contributed by atoms with Crippen molar-refractivity contribution in [1.29, 1.82) is 5.26 Å². The summed E-state index contributed by atoms with van der Waals surface area (Å²) in [5.74, 6) is 0.777. The van der Waals surface area contributed by atoms with Crippen molar-refractivity contribution in [2.24, 2.45) is 4.99 Å². The first-order chi connectivity index (χ1) is 17.1. The highest BCUT2D eigenvalue weighted by molar-refractivity contribution is 5.57. The summed E-state index contributed by atoms with van der Waals surface area (Å²) in [5, 5.41) is 24.1. The van der Waals surface area contributed by atoms with E-state index in [1.807, 2.05) is 24.3 Å². The van der Waals surface area contributed by atoms with Crippen molar-refractivity contribution >= 4 is 17.7 Å². The summed E-state index contributed by atoms with van der Waals surface area (Å²) in [6.07, 6.45) is 7.23. The molecule has 4 aromatic rings. The van der Waals surface area contributed by atoms with E-state index in [0.29, 0.717) is 33.9 Å². The van der Waals surface area contributed by atoms with Gasteiger partial charge in [-0.15, -0.1) is 0 Å². The van der Waals surface area contributed by atoms with Crippen molar-refractivity contribution in [3.8, 4) is 11.9 Å². The number of benzene rings is 1. The predicted molar refractivity (Wildman–Crippen MR) is 127 cm³/mol. The van der Waals surface area contributed by atoms with Crippen molar-refractivity contribution in [2.45, 2.75) is 37.6 Å². The van der Waals surface area contributed by atoms with Gasteiger partial charge in [0.1, 0.15) is 5.69 Å². The number of rotatable bonds is 4. The Morgan fingerprint density at radius 3 is 2.54 bits per heavy atom. The number of nitrogens with one attached hydrogen (secondary N) is 2. The van der Waals surface area contributed by atoms with E-state index < -0.39 is 5.69 Å². The molecule has 11 nitrogen and oxygen atoms in total. The van der Waals surface area contributed by atoms with E-state index in [1.165, 1.54) is 5.56 Å². The smallest absolute Gasteiger partial charge is 0.326 e. The Morgan fingerprint density at radius 2 is 1.89 bits per heavy atom. The molecule has 0 unspecified atom stereocenters. The van der Waals surface area contributed by atoms with Gasteiger partial charge in [0.2, 0.25) is 11.8 Å². The lowest BCUT2D eigenvalue weighted by Gasteiger charge is -2.32. The molecule has 11 heteroatoms. The van der Waals surface area contributed by atoms with Crippen LogP contribution < -0.4 is 21.4 Å². The number of hydrogen-bond acceptors (Lipinski definition) is 8. The van der Waals surface area contributed by atoms with Crippen LogP contribution in [0.15, 0.2) is 40.2 Å². The largest absolute Gasteiger partial charge is 0.493 e. The summed E-state index contributed by atoms with van der Waals surface area (Å²) in [5.41, 5.74) is 2.75. The van der Waals surface area contributed by atoms with E-state index in [2.05, 4.69) is 26.0 Å². The topological polar surface area (TPSA) is 151 Å². The quantitative estimate of drug-likeness (QED) is 0.398. The first kappa shape index (κ1) is 21.1. The van der Waals surface area contributed by atoms with Gasteiger partial charge in [-0.05, 0) is 55.4 Å². The molecule has 2 fully saturated rings. The molecule has 1 aliphatic heterocycles. The summed E-state index contributed by atoms with van der Waals surface area (Å²) in [6.45, 7) is 1.59. The van der Waals surface area contributed by atoms with E-state index in [1.54, 1.807) is 16.8 Å². The molecule has 2 aliphatic rings. The molecule has 4 heterocycles. The minimum absolute atomic E-state index is 0.239. The number of H-pyrrole nitrogens is 2. The van der Waals surface area contributed by atoms with Crippen molar-refractivity contribution in [3.05, 3.63) is 68.6 Å². The summed E-state index contributed by atoms with van der Waals surface area (Å²) in [7, 11) is 0. The number of fused-ring (bicyclic) bond motifs is 1. The number of hydrogen-bond donors (Lipinski definition) is 3. The lowest BCUT2D eigenvalue weighted by Crippen LogP contribution is -2.36. The van der Waals surface area contributed by atoms with E-state index >= 15 is 0 Å². The van der Waals surface area contributed by atoms with Crippen LogP contribution in [0.2, 0.25) is 0 Å². The molecule has 0 atom stereocenters. The Morgan fingerprint density at radius 1 is 1.11 bits per heavy atom. The van der Waals surface area contributed by atoms with Crippen LogP contribution in [0.1, 0.15) is 48.4 Å². The first-order valence-electron chi connectivity index (χ1n) is 11.6. The average Bonchev–Trinajstić information content (AvgIpc) is 3.52. The number of aromatic amines is 2. The average molecular weight is 470 g/mol. The van der Waals surface area contributed by atoms with E-state index in [0.717, 1.165) is 38.8 Å². The fourth-order valence-electron chi connectivity index (χ4n) is 4.45. The van der Waals surface area contributed by atoms with Crippen LogP contribution >= 0.6 is 0 Å². The van der Waals surface area contributed by atoms with Crippen molar-refractivity contribution in [1.82, 2.24) is 29.5 Å². The molecule has 0 radical (unpaired) electrons. The van der Waals surface area contributed by atoms with E-state index in [-0.39, 0.29) is 17.6 Å². The third-order valence-corrected chi connectivity index (χ3v) is 6.54. The molecule has 6 rings (SSSR count). The van der Waals surface area contributed by atoms with Gasteiger partial charge < -0.3 is 15.0 Å². The molecule has 0 spiro atoms. The van der Waals surface area contributed by atoms with Crippen LogP contribution in [-0.4, -0.2) is 53.8 Å². The van der Waals surface area contributed by atoms with Crippen LogP contribution in [0.25, 0.3) is 11.7 Å². The highest BCUT2D eigenvalue weighted by Gasteiger charge is 2.24. The lowest BCUT2D eigenvalue weighted by atomic mass is 9.89. The Balaban J connectivity index is 1.34. The van der Waals surface area contributed by atoms with Crippen LogP contribution in [0.4, 0.5) is 5.95 Å². The fraction of sp³-hybridized carbons (Fsp3) is 0.333. The summed E-state index contributed by atoms with van der Waals surface area (Å²) in [6, 6.07) is 10.3. The second kappa shape index (κ2) is 8.39. The zero-order chi connectivity index (χ0) is 23.9. The Bertz CT molecular complexity index is 1610. The molecule has 0 amide bonds. The minimum atomic E-state index is -0.491. The molecule has 1 aliphatic carbocycles. The third-order valence-electron chi connectivity index (χ3n) is 6.54. The molecular formula is C24H23N9O2. The Kier molecular flexibility index (Phi) is 5.06. The minimum Gasteiger partial charge on any atom is -0.493 e. The molecule has 1 saturated carbocycles. The number of aromatic nitrogens is 6. The standard InChI is InChI=1S/C24H23N9O2/c25-12-14-1-3-15(4-2-14)16-7-9-32(10-8-16)22-29-20-17(11-19-21(34)30-24(35)28-19)13-26-33(20)23(31-22)27-18-5-6-18/h1-4,11,13,16,18,34H,5-10H2,(H2,28,30,35)/b17-11+,27-23?. The number of piperidine rings is 1. The predicted octanol–water partition coefficient (Wildman–Crippen LogP) is 0.713. The van der Waals surface area contributed by atoms with Crippen LogP contribution in [0, 0.1) is 11.3 Å². The van der Waals surface area contributed by atoms with Crippen molar-refractivity contribution in [3.63, 3.8) is 0 Å². The summed E-state index contributed by atoms with van der Waals surface area (Å²) in [4.78, 5) is 32.9. The molecule has 1 saturated heterocycles. The number of anilines is 1. The van der Waals surface area contributed by atoms with Crippen molar-refractivity contribution in [2.75, 3.05) is 18.0 Å². The zero-order valence-corrected chi connectivity index (χ0v) is 18.8. The molecular weight excluding hydrogens is 446 g/mol. The highest BCUT2D eigenvalue weighted by Crippen LogP contribution is 2.29. The number of aromatic hydroxyl groups is 1. The maximum Gasteiger partial charge on any atom is 0.326 e. The maximum absolute atomic E-state index is 11.5. The lowest BCUT2D eigenvalue weighted by molar-refractivity contribution is 0.454. The van der Waals surface area contributed by atoms with Gasteiger partial charge in [-0.3, -0.25) is 4.98 Å². The SMILES string of the molecule is N#Cc1ccc(C2CCN(c3nc(=NC4CC4)n4nc/c(=C\c5[nH]c(=O)[nH]c5O)c4n3)CC2)cc1. The number of imidazole rings is 1. The first-order valence-corrected chi connectivity index (χ1v) is 11.6. The molecule has 3 N–H and O–H groups in total. The molecule has 3 aromatic heterocycles. The van der Waals surface area contributed by atoms with Gasteiger partial charge in [0.15, 0.2) is 5.65 Å². The van der Waals surface area contributed by atoms with Crippen LogP contribution in [0.3, 0.4) is 0 Å². The maximum atomic E-state index is 11.5. The third kappa shape index (κ3) is 4.14. The van der Waals surface area contributed by atoms with Gasteiger partial charge >= 0.3 is 5.69 Å². The van der Waals surface area contributed by atoms with Crippen LogP contribution in [-0.2, 0) is 0 Å². The number of nitrogens with zero attached hydrogens (tertiary/aromatic N) is 7. The normalized spacial score (nSPS) is 17.9. The summed E-state index contributed by atoms with van der Waals surface area (Å²) >= 11 is 0. The van der Waals surface area contributed by atoms with Crippen LogP contribution in [0.5, 0.6) is 5.88 Å². The van der Waals surface area contributed by atoms with Gasteiger partial charge in [-0.2, -0.15) is 24.8 Å². The summed E-state index contributed by atoms with van der Waals surface area (Å²) < 4.78 is 1.61. The van der Waals surface area contributed by atoms with Gasteiger partial charge in [0.05, 0.1) is 23.9 Å². The van der Waals surface area contributed by atoms with Gasteiger partial charge in [-0.1, -0.05) is 12.1 Å². The van der Waals surface area contributed by atoms with E-state index in [9.17, 15) is 9.90 Å². The highest BCUT2D eigenvalue weighted by atomic mass is 16.3. The Hall–Kier alpha value is -4.46. The molecule has 176 valence electrons. The zero-order valence-electron chi connectivity index (χ0n) is 18.8.